The van der Waals surface area contributed by atoms with Crippen LogP contribution in [0.25, 0.3) is 0 Å². The summed E-state index contributed by atoms with van der Waals surface area (Å²) in [5.41, 5.74) is 5.91. The van der Waals surface area contributed by atoms with E-state index in [2.05, 4.69) is 24.0 Å². The third-order valence-corrected chi connectivity index (χ3v) is 5.27. The van der Waals surface area contributed by atoms with Crippen LogP contribution in [0, 0.1) is 11.7 Å². The monoisotopic (exact) mass is 437 g/mol. The summed E-state index contributed by atoms with van der Waals surface area (Å²) >= 11 is 1.29. The topological polar surface area (TPSA) is 103 Å². The molecule has 1 aromatic carbocycles. The first-order valence-electron chi connectivity index (χ1n) is 9.60. The fourth-order valence-electron chi connectivity index (χ4n) is 2.80. The molecule has 0 radical (unpaired) electrons. The summed E-state index contributed by atoms with van der Waals surface area (Å²) < 4.78 is 20.7. The van der Waals surface area contributed by atoms with Crippen LogP contribution in [0.15, 0.2) is 23.4 Å². The number of methoxy groups -OCH3 is 1. The number of halogens is 1. The Kier molecular flexibility index (Phi) is 8.64. The summed E-state index contributed by atoms with van der Waals surface area (Å²) in [4.78, 5) is 25.2. The van der Waals surface area contributed by atoms with Crippen molar-refractivity contribution in [3.05, 3.63) is 35.4 Å². The molecule has 0 spiro atoms. The Morgan fingerprint density at radius 1 is 1.33 bits per heavy atom. The predicted molar refractivity (Wildman–Crippen MR) is 113 cm³/mol. The molecule has 164 valence electrons. The first kappa shape index (κ1) is 23.7. The van der Waals surface area contributed by atoms with Gasteiger partial charge in [-0.2, -0.15) is 0 Å². The number of primary amides is 1. The fourth-order valence-corrected chi connectivity index (χ4v) is 3.71. The van der Waals surface area contributed by atoms with Crippen LogP contribution in [-0.2, 0) is 29.1 Å². The molecule has 2 N–H and O–H groups in total. The van der Waals surface area contributed by atoms with Crippen LogP contribution in [-0.4, -0.2) is 51.4 Å². The van der Waals surface area contributed by atoms with Crippen LogP contribution in [0.3, 0.4) is 0 Å². The molecule has 0 saturated carbocycles. The summed E-state index contributed by atoms with van der Waals surface area (Å²) in [5.74, 6) is 0.385. The number of carbonyl (C=O) groups excluding carboxylic acids is 2. The van der Waals surface area contributed by atoms with E-state index in [1.165, 1.54) is 29.8 Å². The number of nitrogens with zero attached hydrogens (tertiary/aromatic N) is 4. The van der Waals surface area contributed by atoms with Gasteiger partial charge in [-0.05, 0) is 23.6 Å². The molecule has 0 saturated heterocycles. The number of amides is 2. The molecular formula is C20H28FN5O3S. The Labute approximate surface area is 180 Å². The summed E-state index contributed by atoms with van der Waals surface area (Å²) in [7, 11) is 3.07. The second-order valence-corrected chi connectivity index (χ2v) is 8.32. The van der Waals surface area contributed by atoms with Crippen molar-refractivity contribution >= 4 is 23.6 Å². The van der Waals surface area contributed by atoms with Crippen LogP contribution in [0.1, 0.15) is 31.7 Å². The maximum atomic E-state index is 13.9. The summed E-state index contributed by atoms with van der Waals surface area (Å²) in [6, 6.07) is 4.63. The molecule has 8 nitrogen and oxygen atoms in total. The number of aryl methyl sites for hydroxylation is 1. The number of hydrogen-bond donors (Lipinski definition) is 1. The van der Waals surface area contributed by atoms with Gasteiger partial charge >= 0.3 is 0 Å². The molecule has 1 aromatic heterocycles. The molecule has 0 aliphatic carbocycles. The highest BCUT2D eigenvalue weighted by Crippen LogP contribution is 2.21. The van der Waals surface area contributed by atoms with Crippen molar-refractivity contribution in [3.63, 3.8) is 0 Å². The quantitative estimate of drug-likeness (QED) is 0.541. The Bertz CT molecular complexity index is 887. The number of nitrogens with two attached hydrogens (primary N) is 1. The van der Waals surface area contributed by atoms with E-state index in [9.17, 15) is 14.0 Å². The van der Waals surface area contributed by atoms with Crippen LogP contribution in [0.4, 0.5) is 4.39 Å². The summed E-state index contributed by atoms with van der Waals surface area (Å²) in [6.07, 6.45) is 0.605. The van der Waals surface area contributed by atoms with E-state index in [4.69, 9.17) is 10.5 Å². The Morgan fingerprint density at radius 2 is 2.07 bits per heavy atom. The van der Waals surface area contributed by atoms with Gasteiger partial charge in [-0.15, -0.1) is 10.2 Å². The zero-order valence-electron chi connectivity index (χ0n) is 17.7. The number of benzene rings is 1. The van der Waals surface area contributed by atoms with Crippen LogP contribution < -0.4 is 10.5 Å². The molecule has 0 fully saturated rings. The standard InChI is InChI=1S/C20H28FN5O3S/c1-13(2)10-26-18(8-7-17(22)27)23-24-20(26)30-12-19(28)25(3)11-14-5-6-16(29-4)15(21)9-14/h5-6,9,13H,7-8,10-12H2,1-4H3,(H2,22,27). The third-order valence-electron chi connectivity index (χ3n) is 4.32. The van der Waals surface area contributed by atoms with Crippen molar-refractivity contribution in [1.29, 1.82) is 0 Å². The van der Waals surface area contributed by atoms with E-state index >= 15 is 0 Å². The number of aromatic nitrogens is 3. The van der Waals surface area contributed by atoms with Crippen molar-refractivity contribution in [1.82, 2.24) is 19.7 Å². The molecule has 0 unspecified atom stereocenters. The fraction of sp³-hybridized carbons (Fsp3) is 0.500. The third kappa shape index (κ3) is 6.72. The summed E-state index contributed by atoms with van der Waals surface area (Å²) in [5, 5.41) is 8.97. The van der Waals surface area contributed by atoms with Crippen LogP contribution in [0.5, 0.6) is 5.75 Å². The Morgan fingerprint density at radius 3 is 2.67 bits per heavy atom. The van der Waals surface area contributed by atoms with Gasteiger partial charge in [0, 0.05) is 33.0 Å². The van der Waals surface area contributed by atoms with E-state index in [-0.39, 0.29) is 30.4 Å². The zero-order valence-corrected chi connectivity index (χ0v) is 18.5. The van der Waals surface area contributed by atoms with Crippen molar-refractivity contribution in [2.24, 2.45) is 11.7 Å². The van der Waals surface area contributed by atoms with Gasteiger partial charge in [0.2, 0.25) is 11.8 Å². The molecular weight excluding hydrogens is 409 g/mol. The van der Waals surface area contributed by atoms with Crippen molar-refractivity contribution in [2.45, 2.75) is 44.9 Å². The lowest BCUT2D eigenvalue weighted by Gasteiger charge is -2.18. The largest absolute Gasteiger partial charge is 0.494 e. The minimum absolute atomic E-state index is 0.117. The second kappa shape index (κ2) is 11.0. The molecule has 2 rings (SSSR count). The Balaban J connectivity index is 2.00. The normalized spacial score (nSPS) is 11.0. The highest BCUT2D eigenvalue weighted by Gasteiger charge is 2.17. The molecule has 1 heterocycles. The average molecular weight is 438 g/mol. The first-order valence-corrected chi connectivity index (χ1v) is 10.6. The van der Waals surface area contributed by atoms with Gasteiger partial charge in [0.05, 0.1) is 12.9 Å². The smallest absolute Gasteiger partial charge is 0.233 e. The number of rotatable bonds is 11. The van der Waals surface area contributed by atoms with E-state index in [1.54, 1.807) is 19.2 Å². The molecule has 2 amide bonds. The van der Waals surface area contributed by atoms with E-state index in [1.807, 2.05) is 4.57 Å². The predicted octanol–water partition coefficient (Wildman–Crippen LogP) is 2.25. The second-order valence-electron chi connectivity index (χ2n) is 7.38. The van der Waals surface area contributed by atoms with E-state index in [0.29, 0.717) is 35.4 Å². The number of hydrogen-bond acceptors (Lipinski definition) is 6. The van der Waals surface area contributed by atoms with Crippen molar-refractivity contribution < 1.29 is 18.7 Å². The first-order chi connectivity index (χ1) is 14.2. The molecule has 0 bridgehead atoms. The van der Waals surface area contributed by atoms with Crippen molar-refractivity contribution in [3.8, 4) is 5.75 Å². The van der Waals surface area contributed by atoms with Gasteiger partial charge in [-0.25, -0.2) is 4.39 Å². The SMILES string of the molecule is COc1ccc(CN(C)C(=O)CSc2nnc(CCC(N)=O)n2CC(C)C)cc1F. The molecule has 2 aromatic rings. The van der Waals surface area contributed by atoms with Gasteiger partial charge in [0.15, 0.2) is 16.7 Å². The molecule has 0 atom stereocenters. The van der Waals surface area contributed by atoms with Gasteiger partial charge in [0.25, 0.3) is 0 Å². The highest BCUT2D eigenvalue weighted by molar-refractivity contribution is 7.99. The average Bonchev–Trinajstić information content (AvgIpc) is 3.05. The number of carbonyl (C=O) groups is 2. The minimum Gasteiger partial charge on any atom is -0.494 e. The molecule has 0 aliphatic heterocycles. The summed E-state index contributed by atoms with van der Waals surface area (Å²) in [6.45, 7) is 5.10. The Hall–Kier alpha value is -2.62. The lowest BCUT2D eigenvalue weighted by Crippen LogP contribution is -2.28. The molecule has 30 heavy (non-hydrogen) atoms. The van der Waals surface area contributed by atoms with E-state index in [0.717, 1.165) is 0 Å². The van der Waals surface area contributed by atoms with E-state index < -0.39 is 11.7 Å². The van der Waals surface area contributed by atoms with Crippen molar-refractivity contribution in [2.75, 3.05) is 19.9 Å². The lowest BCUT2D eigenvalue weighted by atomic mass is 10.2. The maximum absolute atomic E-state index is 13.9. The lowest BCUT2D eigenvalue weighted by molar-refractivity contribution is -0.127. The van der Waals surface area contributed by atoms with Crippen LogP contribution in [0.2, 0.25) is 0 Å². The highest BCUT2D eigenvalue weighted by atomic mass is 32.2. The minimum atomic E-state index is -0.462. The van der Waals surface area contributed by atoms with Gasteiger partial charge in [0.1, 0.15) is 5.82 Å². The van der Waals surface area contributed by atoms with Gasteiger partial charge < -0.3 is 19.9 Å². The van der Waals surface area contributed by atoms with Gasteiger partial charge in [-0.1, -0.05) is 31.7 Å². The molecule has 0 aliphatic rings. The van der Waals surface area contributed by atoms with Crippen LogP contribution >= 0.6 is 11.8 Å². The zero-order chi connectivity index (χ0) is 22.3. The van der Waals surface area contributed by atoms with Gasteiger partial charge in [-0.3, -0.25) is 9.59 Å². The number of ether oxygens (including phenoxy) is 1. The maximum Gasteiger partial charge on any atom is 0.233 e. The molecule has 10 heteroatoms. The number of thioether (sulfide) groups is 1.